The maximum absolute atomic E-state index is 11.9. The number of nitrogens with one attached hydrogen (secondary N) is 1. The molecule has 134 valence electrons. The summed E-state index contributed by atoms with van der Waals surface area (Å²) >= 11 is 0. The molecule has 0 aliphatic carbocycles. The third-order valence-electron chi connectivity index (χ3n) is 4.06. The van der Waals surface area contributed by atoms with Crippen LogP contribution in [-0.4, -0.2) is 62.8 Å². The average molecular weight is 328 g/mol. The summed E-state index contributed by atoms with van der Waals surface area (Å²) in [5, 5.41) is 2.70. The lowest BCUT2D eigenvalue weighted by atomic mass is 9.85. The lowest BCUT2D eigenvalue weighted by Gasteiger charge is -2.36. The SMILES string of the molecule is CNC(=O)C(C)(C)CC1CN(CCOC(=O)C(C)(C)C)CCO1. The largest absolute Gasteiger partial charge is 0.464 e. The van der Waals surface area contributed by atoms with E-state index in [2.05, 4.69) is 10.2 Å². The monoisotopic (exact) mass is 328 g/mol. The first-order valence-corrected chi connectivity index (χ1v) is 8.29. The molecule has 1 aliphatic heterocycles. The summed E-state index contributed by atoms with van der Waals surface area (Å²) in [5.41, 5.74) is -0.924. The molecule has 0 aromatic heterocycles. The third-order valence-corrected chi connectivity index (χ3v) is 4.06. The lowest BCUT2D eigenvalue weighted by molar-refractivity contribution is -0.154. The summed E-state index contributed by atoms with van der Waals surface area (Å²) in [6.07, 6.45) is 0.694. The van der Waals surface area contributed by atoms with Crippen molar-refractivity contribution in [2.24, 2.45) is 10.8 Å². The summed E-state index contributed by atoms with van der Waals surface area (Å²) < 4.78 is 11.1. The fourth-order valence-electron chi connectivity index (χ4n) is 2.59. The van der Waals surface area contributed by atoms with Gasteiger partial charge in [0.15, 0.2) is 0 Å². The number of hydrogen-bond donors (Lipinski definition) is 1. The van der Waals surface area contributed by atoms with E-state index in [0.717, 1.165) is 13.1 Å². The molecule has 1 rings (SSSR count). The van der Waals surface area contributed by atoms with Crippen LogP contribution in [0.15, 0.2) is 0 Å². The van der Waals surface area contributed by atoms with Crippen molar-refractivity contribution in [2.45, 2.75) is 47.1 Å². The van der Waals surface area contributed by atoms with Gasteiger partial charge in [-0.3, -0.25) is 14.5 Å². The van der Waals surface area contributed by atoms with Crippen LogP contribution < -0.4 is 5.32 Å². The van der Waals surface area contributed by atoms with Crippen molar-refractivity contribution in [2.75, 3.05) is 39.9 Å². The second-order valence-electron chi connectivity index (χ2n) is 7.85. The number of amides is 1. The number of morpholine rings is 1. The highest BCUT2D eigenvalue weighted by atomic mass is 16.5. The lowest BCUT2D eigenvalue weighted by Crippen LogP contribution is -2.47. The van der Waals surface area contributed by atoms with Crippen molar-refractivity contribution < 1.29 is 19.1 Å². The molecule has 0 saturated carbocycles. The minimum Gasteiger partial charge on any atom is -0.464 e. The van der Waals surface area contributed by atoms with Crippen molar-refractivity contribution in [3.63, 3.8) is 0 Å². The normalized spacial score (nSPS) is 20.2. The van der Waals surface area contributed by atoms with Crippen molar-refractivity contribution in [1.82, 2.24) is 10.2 Å². The maximum Gasteiger partial charge on any atom is 0.311 e. The van der Waals surface area contributed by atoms with Gasteiger partial charge in [0.2, 0.25) is 5.91 Å². The molecule has 0 spiro atoms. The Labute approximate surface area is 139 Å². The smallest absolute Gasteiger partial charge is 0.311 e. The molecule has 0 bridgehead atoms. The fraction of sp³-hybridized carbons (Fsp3) is 0.882. The number of esters is 1. The summed E-state index contributed by atoms with van der Waals surface area (Å²) in [5.74, 6) is -0.152. The van der Waals surface area contributed by atoms with E-state index < -0.39 is 10.8 Å². The number of rotatable bonds is 6. The van der Waals surface area contributed by atoms with Crippen LogP contribution in [0.3, 0.4) is 0 Å². The molecule has 1 fully saturated rings. The molecule has 1 heterocycles. The fourth-order valence-corrected chi connectivity index (χ4v) is 2.59. The van der Waals surface area contributed by atoms with Crippen LogP contribution in [0, 0.1) is 10.8 Å². The minimum absolute atomic E-state index is 0.0226. The van der Waals surface area contributed by atoms with Crippen LogP contribution in [0.5, 0.6) is 0 Å². The van der Waals surface area contributed by atoms with Crippen molar-refractivity contribution in [3.05, 3.63) is 0 Å². The van der Waals surface area contributed by atoms with Gasteiger partial charge < -0.3 is 14.8 Å². The Balaban J connectivity index is 2.40. The van der Waals surface area contributed by atoms with Gasteiger partial charge >= 0.3 is 5.97 Å². The second-order valence-corrected chi connectivity index (χ2v) is 7.85. The highest BCUT2D eigenvalue weighted by Crippen LogP contribution is 2.25. The number of nitrogens with zero attached hydrogens (tertiary/aromatic N) is 1. The van der Waals surface area contributed by atoms with E-state index in [0.29, 0.717) is 26.2 Å². The van der Waals surface area contributed by atoms with E-state index in [1.165, 1.54) is 0 Å². The highest BCUT2D eigenvalue weighted by molar-refractivity contribution is 5.81. The molecule has 6 nitrogen and oxygen atoms in total. The third kappa shape index (κ3) is 6.47. The summed E-state index contributed by atoms with van der Waals surface area (Å²) in [6.45, 7) is 12.7. The number of carbonyl (C=O) groups is 2. The highest BCUT2D eigenvalue weighted by Gasteiger charge is 2.33. The van der Waals surface area contributed by atoms with E-state index in [1.807, 2.05) is 34.6 Å². The zero-order valence-corrected chi connectivity index (χ0v) is 15.4. The van der Waals surface area contributed by atoms with Crippen LogP contribution in [0.1, 0.15) is 41.0 Å². The van der Waals surface area contributed by atoms with Gasteiger partial charge in [-0.1, -0.05) is 13.8 Å². The van der Waals surface area contributed by atoms with E-state index in [-0.39, 0.29) is 18.0 Å². The Kier molecular flexibility index (Phi) is 7.02. The molecule has 1 amide bonds. The molecular formula is C17H32N2O4. The first-order valence-electron chi connectivity index (χ1n) is 8.29. The van der Waals surface area contributed by atoms with Crippen molar-refractivity contribution >= 4 is 11.9 Å². The van der Waals surface area contributed by atoms with Crippen LogP contribution in [0.25, 0.3) is 0 Å². The van der Waals surface area contributed by atoms with Gasteiger partial charge in [-0.15, -0.1) is 0 Å². The molecule has 0 aromatic carbocycles. The van der Waals surface area contributed by atoms with Gasteiger partial charge in [0.25, 0.3) is 0 Å². The van der Waals surface area contributed by atoms with Crippen molar-refractivity contribution in [1.29, 1.82) is 0 Å². The van der Waals surface area contributed by atoms with Crippen molar-refractivity contribution in [3.8, 4) is 0 Å². The molecular weight excluding hydrogens is 296 g/mol. The quantitative estimate of drug-likeness (QED) is 0.747. The van der Waals surface area contributed by atoms with E-state index >= 15 is 0 Å². The van der Waals surface area contributed by atoms with Gasteiger partial charge in [0.05, 0.1) is 18.1 Å². The topological polar surface area (TPSA) is 67.9 Å². The molecule has 1 unspecified atom stereocenters. The molecule has 0 radical (unpaired) electrons. The van der Waals surface area contributed by atoms with Gasteiger partial charge in [-0.2, -0.15) is 0 Å². The Hall–Kier alpha value is -1.14. The Morgan fingerprint density at radius 1 is 1.26 bits per heavy atom. The average Bonchev–Trinajstić information content (AvgIpc) is 2.45. The van der Waals surface area contributed by atoms with E-state index in [1.54, 1.807) is 7.05 Å². The van der Waals surface area contributed by atoms with Crippen LogP contribution in [-0.2, 0) is 19.1 Å². The molecule has 1 N–H and O–H groups in total. The predicted octanol–water partition coefficient (Wildman–Crippen LogP) is 1.44. The second kappa shape index (κ2) is 8.11. The zero-order chi connectivity index (χ0) is 17.7. The van der Waals surface area contributed by atoms with Crippen LogP contribution in [0.2, 0.25) is 0 Å². The molecule has 1 atom stereocenters. The van der Waals surface area contributed by atoms with Gasteiger partial charge in [0.1, 0.15) is 6.61 Å². The Morgan fingerprint density at radius 3 is 2.48 bits per heavy atom. The van der Waals surface area contributed by atoms with Gasteiger partial charge in [-0.05, 0) is 27.2 Å². The number of carbonyl (C=O) groups excluding carboxylic acids is 2. The molecule has 0 aromatic rings. The summed E-state index contributed by atoms with van der Waals surface area (Å²) in [6, 6.07) is 0. The number of hydrogen-bond acceptors (Lipinski definition) is 5. The van der Waals surface area contributed by atoms with Gasteiger partial charge in [-0.25, -0.2) is 0 Å². The first-order chi connectivity index (χ1) is 10.6. The Morgan fingerprint density at radius 2 is 1.91 bits per heavy atom. The molecule has 6 heteroatoms. The van der Waals surface area contributed by atoms with Crippen LogP contribution >= 0.6 is 0 Å². The molecule has 1 saturated heterocycles. The Bertz CT molecular complexity index is 415. The minimum atomic E-state index is -0.467. The summed E-state index contributed by atoms with van der Waals surface area (Å²) in [4.78, 5) is 25.9. The standard InChI is InChI=1S/C17H32N2O4/c1-16(2,3)15(21)23-10-8-19-7-9-22-13(12-19)11-17(4,5)14(20)18-6/h13H,7-12H2,1-6H3,(H,18,20). The number of ether oxygens (including phenoxy) is 2. The first kappa shape index (κ1) is 19.9. The van der Waals surface area contributed by atoms with E-state index in [9.17, 15) is 9.59 Å². The van der Waals surface area contributed by atoms with E-state index in [4.69, 9.17) is 9.47 Å². The predicted molar refractivity (Wildman–Crippen MR) is 89.1 cm³/mol. The van der Waals surface area contributed by atoms with Crippen LogP contribution in [0.4, 0.5) is 0 Å². The molecule has 1 aliphatic rings. The maximum atomic E-state index is 11.9. The van der Waals surface area contributed by atoms with Gasteiger partial charge in [0, 0.05) is 32.1 Å². The molecule has 23 heavy (non-hydrogen) atoms. The zero-order valence-electron chi connectivity index (χ0n) is 15.4. The summed E-state index contributed by atoms with van der Waals surface area (Å²) in [7, 11) is 1.65.